The molecular weight excluding hydrogens is 415 g/mol. The Morgan fingerprint density at radius 3 is 2.41 bits per heavy atom. The first-order valence-corrected chi connectivity index (χ1v) is 11.7. The highest BCUT2D eigenvalue weighted by molar-refractivity contribution is 7.91. The summed E-state index contributed by atoms with van der Waals surface area (Å²) in [5.74, 6) is -0.737. The summed E-state index contributed by atoms with van der Waals surface area (Å²) in [5, 5.41) is 3.18. The van der Waals surface area contributed by atoms with Gasteiger partial charge in [0.25, 0.3) is 5.91 Å². The molecule has 29 heavy (non-hydrogen) atoms. The molecule has 0 aliphatic carbocycles. The van der Waals surface area contributed by atoms with Gasteiger partial charge in [-0.1, -0.05) is 24.6 Å². The molecule has 1 atom stereocenters. The topological polar surface area (TPSA) is 66.5 Å². The monoisotopic (exact) mass is 438 g/mol. The Labute approximate surface area is 175 Å². The van der Waals surface area contributed by atoms with E-state index < -0.39 is 15.7 Å². The van der Waals surface area contributed by atoms with Crippen LogP contribution in [0, 0.1) is 5.82 Å². The maximum atomic E-state index is 14.5. The standard InChI is InChI=1S/C21H24ClFN2O3S/c1-2-29(27,28)16-10-8-15(9-11-16)21(26)24-14-19(25-12-3-4-13-25)20-17(22)6-5-7-18(20)23/h5-11,19H,2-4,12-14H2,1H3,(H,24,26). The van der Waals surface area contributed by atoms with E-state index in [1.54, 1.807) is 19.1 Å². The average Bonchev–Trinajstić information content (AvgIpc) is 3.24. The van der Waals surface area contributed by atoms with E-state index in [0.29, 0.717) is 16.1 Å². The SMILES string of the molecule is CCS(=O)(=O)c1ccc(C(=O)NCC(c2c(F)cccc2Cl)N2CCCC2)cc1. The minimum absolute atomic E-state index is 0.000539. The Morgan fingerprint density at radius 2 is 1.83 bits per heavy atom. The number of sulfone groups is 1. The maximum Gasteiger partial charge on any atom is 0.251 e. The molecule has 1 fully saturated rings. The van der Waals surface area contributed by atoms with Crippen molar-refractivity contribution in [2.24, 2.45) is 0 Å². The van der Waals surface area contributed by atoms with Crippen LogP contribution >= 0.6 is 11.6 Å². The molecule has 156 valence electrons. The summed E-state index contributed by atoms with van der Waals surface area (Å²) in [7, 11) is -3.32. The quantitative estimate of drug-likeness (QED) is 0.713. The molecule has 1 unspecified atom stereocenters. The van der Waals surface area contributed by atoms with Gasteiger partial charge < -0.3 is 5.32 Å². The van der Waals surface area contributed by atoms with E-state index in [4.69, 9.17) is 11.6 Å². The van der Waals surface area contributed by atoms with Crippen molar-refractivity contribution in [3.63, 3.8) is 0 Å². The lowest BCUT2D eigenvalue weighted by Crippen LogP contribution is -2.37. The van der Waals surface area contributed by atoms with Crippen molar-refractivity contribution in [2.45, 2.75) is 30.7 Å². The van der Waals surface area contributed by atoms with Crippen LogP contribution in [0.1, 0.15) is 41.7 Å². The second kappa shape index (κ2) is 9.24. The van der Waals surface area contributed by atoms with Gasteiger partial charge in [0.1, 0.15) is 5.82 Å². The molecule has 0 radical (unpaired) electrons. The average molecular weight is 439 g/mol. The summed E-state index contributed by atoms with van der Waals surface area (Å²) < 4.78 is 38.3. The van der Waals surface area contributed by atoms with Crippen LogP contribution < -0.4 is 5.32 Å². The summed E-state index contributed by atoms with van der Waals surface area (Å²) in [6, 6.07) is 10.1. The second-order valence-electron chi connectivity index (χ2n) is 7.03. The van der Waals surface area contributed by atoms with Gasteiger partial charge in [0.15, 0.2) is 9.84 Å². The number of amides is 1. The highest BCUT2D eigenvalue weighted by Crippen LogP contribution is 2.32. The molecule has 1 aliphatic rings. The van der Waals surface area contributed by atoms with E-state index >= 15 is 0 Å². The number of hydrogen-bond acceptors (Lipinski definition) is 4. The number of carbonyl (C=O) groups is 1. The summed E-state index contributed by atoms with van der Waals surface area (Å²) in [6.45, 7) is 3.40. The van der Waals surface area contributed by atoms with Gasteiger partial charge in [0.05, 0.1) is 16.7 Å². The number of likely N-dealkylation sites (tertiary alicyclic amines) is 1. The van der Waals surface area contributed by atoms with Crippen molar-refractivity contribution in [3.8, 4) is 0 Å². The third-order valence-electron chi connectivity index (χ3n) is 5.23. The smallest absolute Gasteiger partial charge is 0.251 e. The number of carbonyl (C=O) groups excluding carboxylic acids is 1. The van der Waals surface area contributed by atoms with Crippen LogP contribution in [0.4, 0.5) is 4.39 Å². The lowest BCUT2D eigenvalue weighted by Gasteiger charge is -2.29. The van der Waals surface area contributed by atoms with Gasteiger partial charge in [-0.25, -0.2) is 12.8 Å². The lowest BCUT2D eigenvalue weighted by atomic mass is 10.0. The number of benzene rings is 2. The lowest BCUT2D eigenvalue weighted by molar-refractivity contribution is 0.0937. The number of nitrogens with one attached hydrogen (secondary N) is 1. The number of rotatable bonds is 7. The van der Waals surface area contributed by atoms with E-state index in [0.717, 1.165) is 25.9 Å². The molecule has 0 spiro atoms. The van der Waals surface area contributed by atoms with Crippen LogP contribution in [0.3, 0.4) is 0 Å². The van der Waals surface area contributed by atoms with Crippen LogP contribution in [0.5, 0.6) is 0 Å². The minimum atomic E-state index is -3.32. The number of nitrogens with zero attached hydrogens (tertiary/aromatic N) is 1. The maximum absolute atomic E-state index is 14.5. The van der Waals surface area contributed by atoms with Gasteiger partial charge in [0, 0.05) is 22.7 Å². The predicted molar refractivity (Wildman–Crippen MR) is 111 cm³/mol. The van der Waals surface area contributed by atoms with Gasteiger partial charge in [0.2, 0.25) is 0 Å². The van der Waals surface area contributed by atoms with E-state index in [2.05, 4.69) is 10.2 Å². The van der Waals surface area contributed by atoms with Crippen molar-refractivity contribution in [3.05, 3.63) is 64.4 Å². The Morgan fingerprint density at radius 1 is 1.17 bits per heavy atom. The fourth-order valence-corrected chi connectivity index (χ4v) is 4.74. The zero-order chi connectivity index (χ0) is 21.0. The molecule has 1 aliphatic heterocycles. The summed E-state index contributed by atoms with van der Waals surface area (Å²) in [6.07, 6.45) is 2.04. The Balaban J connectivity index is 1.76. The molecular formula is C21H24ClFN2O3S. The van der Waals surface area contributed by atoms with Crippen LogP contribution in [0.2, 0.25) is 5.02 Å². The van der Waals surface area contributed by atoms with E-state index in [1.807, 2.05) is 0 Å². The normalized spacial score (nSPS) is 16.0. The van der Waals surface area contributed by atoms with Crippen molar-refractivity contribution in [1.29, 1.82) is 0 Å². The molecule has 5 nitrogen and oxygen atoms in total. The molecule has 0 saturated carbocycles. The predicted octanol–water partition coefficient (Wildman–Crippen LogP) is 3.84. The highest BCUT2D eigenvalue weighted by atomic mass is 35.5. The molecule has 1 saturated heterocycles. The third-order valence-corrected chi connectivity index (χ3v) is 7.31. The number of halogens is 2. The van der Waals surface area contributed by atoms with Crippen molar-refractivity contribution >= 4 is 27.3 Å². The largest absolute Gasteiger partial charge is 0.350 e. The number of hydrogen-bond donors (Lipinski definition) is 1. The van der Waals surface area contributed by atoms with Gasteiger partial charge >= 0.3 is 0 Å². The van der Waals surface area contributed by atoms with Gasteiger partial charge in [-0.05, 0) is 62.3 Å². The highest BCUT2D eigenvalue weighted by Gasteiger charge is 2.28. The molecule has 1 amide bonds. The molecule has 3 rings (SSSR count). The zero-order valence-corrected chi connectivity index (χ0v) is 17.8. The fourth-order valence-electron chi connectivity index (χ4n) is 3.57. The summed E-state index contributed by atoms with van der Waals surface area (Å²) >= 11 is 6.27. The van der Waals surface area contributed by atoms with Crippen LogP contribution in [-0.4, -0.2) is 44.6 Å². The van der Waals surface area contributed by atoms with Gasteiger partial charge in [-0.2, -0.15) is 0 Å². The summed E-state index contributed by atoms with van der Waals surface area (Å²) in [5.41, 5.74) is 0.737. The van der Waals surface area contributed by atoms with Crippen LogP contribution in [0.15, 0.2) is 47.4 Å². The van der Waals surface area contributed by atoms with Crippen molar-refractivity contribution < 1.29 is 17.6 Å². The van der Waals surface area contributed by atoms with Crippen LogP contribution in [0.25, 0.3) is 0 Å². The Bertz CT molecular complexity index is 954. The van der Waals surface area contributed by atoms with Crippen LogP contribution in [-0.2, 0) is 9.84 Å². The first-order valence-electron chi connectivity index (χ1n) is 9.62. The first-order chi connectivity index (χ1) is 13.8. The summed E-state index contributed by atoms with van der Waals surface area (Å²) in [4.78, 5) is 14.9. The molecule has 1 N–H and O–H groups in total. The van der Waals surface area contributed by atoms with Crippen molar-refractivity contribution in [1.82, 2.24) is 10.2 Å². The van der Waals surface area contributed by atoms with Gasteiger partial charge in [-0.3, -0.25) is 9.69 Å². The molecule has 0 aromatic heterocycles. The van der Waals surface area contributed by atoms with E-state index in [1.165, 1.54) is 30.3 Å². The third kappa shape index (κ3) is 4.97. The zero-order valence-electron chi connectivity index (χ0n) is 16.2. The molecule has 2 aromatic carbocycles. The molecule has 8 heteroatoms. The molecule has 1 heterocycles. The first kappa shape index (κ1) is 21.7. The van der Waals surface area contributed by atoms with Crippen molar-refractivity contribution in [2.75, 3.05) is 25.4 Å². The minimum Gasteiger partial charge on any atom is -0.350 e. The molecule has 0 bridgehead atoms. The Kier molecular flexibility index (Phi) is 6.93. The van der Waals surface area contributed by atoms with E-state index in [9.17, 15) is 17.6 Å². The van der Waals surface area contributed by atoms with E-state index in [-0.39, 0.29) is 29.1 Å². The second-order valence-corrected chi connectivity index (χ2v) is 9.72. The Hall–Kier alpha value is -1.96. The molecule has 2 aromatic rings. The van der Waals surface area contributed by atoms with Gasteiger partial charge in [-0.15, -0.1) is 0 Å². The fraction of sp³-hybridized carbons (Fsp3) is 0.381.